The second kappa shape index (κ2) is 12.1. The number of rotatable bonds is 9. The highest BCUT2D eigenvalue weighted by molar-refractivity contribution is 5.99. The molecule has 11 nitrogen and oxygen atoms in total. The maximum atomic E-state index is 13.3. The van der Waals surface area contributed by atoms with Crippen LogP contribution in [0.2, 0.25) is 0 Å². The van der Waals surface area contributed by atoms with E-state index in [1.165, 1.54) is 17.7 Å². The average Bonchev–Trinajstić information content (AvgIpc) is 2.93. The molecule has 1 aliphatic rings. The third-order valence-corrected chi connectivity index (χ3v) is 6.50. The van der Waals surface area contributed by atoms with E-state index >= 15 is 0 Å². The van der Waals surface area contributed by atoms with Crippen molar-refractivity contribution in [1.29, 1.82) is 0 Å². The van der Waals surface area contributed by atoms with Crippen LogP contribution in [-0.4, -0.2) is 41.4 Å². The zero-order valence-corrected chi connectivity index (χ0v) is 20.7. The van der Waals surface area contributed by atoms with Crippen LogP contribution in [0.15, 0.2) is 66.7 Å². The first-order valence-electron chi connectivity index (χ1n) is 12.2. The molecular weight excluding hydrogens is 511 g/mol. The van der Waals surface area contributed by atoms with Gasteiger partial charge in [-0.2, -0.15) is 0 Å². The molecule has 1 N–H and O–H groups in total. The normalized spacial score (nSPS) is 13.5. The number of hydrogen-bond acceptors (Lipinski definition) is 8. The van der Waals surface area contributed by atoms with Crippen molar-refractivity contribution in [1.82, 2.24) is 0 Å². The van der Waals surface area contributed by atoms with Gasteiger partial charge >= 0.3 is 5.97 Å². The van der Waals surface area contributed by atoms with E-state index in [9.17, 15) is 34.2 Å². The summed E-state index contributed by atoms with van der Waals surface area (Å²) >= 11 is 0. The highest BCUT2D eigenvalue weighted by Gasteiger charge is 2.26. The van der Waals surface area contributed by atoms with Crippen molar-refractivity contribution in [2.75, 3.05) is 29.9 Å². The van der Waals surface area contributed by atoms with Crippen LogP contribution < -0.4 is 10.2 Å². The molecule has 1 saturated heterocycles. The Bertz CT molecular complexity index is 1390. The van der Waals surface area contributed by atoms with Gasteiger partial charge in [0.2, 0.25) is 0 Å². The topological polar surface area (TPSA) is 145 Å². The van der Waals surface area contributed by atoms with Gasteiger partial charge in [-0.3, -0.25) is 25.0 Å². The molecule has 0 unspecified atom stereocenters. The molecule has 0 bridgehead atoms. The van der Waals surface area contributed by atoms with E-state index in [2.05, 4.69) is 17.4 Å². The van der Waals surface area contributed by atoms with Crippen molar-refractivity contribution in [3.8, 4) is 0 Å². The lowest BCUT2D eigenvalue weighted by Crippen LogP contribution is -2.35. The molecule has 1 amide bonds. The lowest BCUT2D eigenvalue weighted by molar-refractivity contribution is -0.384. The van der Waals surface area contributed by atoms with E-state index in [4.69, 9.17) is 4.74 Å². The van der Waals surface area contributed by atoms with Crippen LogP contribution in [0, 0.1) is 32.0 Å². The summed E-state index contributed by atoms with van der Waals surface area (Å²) in [5.74, 6) is -2.25. The Balaban J connectivity index is 1.43. The first-order valence-corrected chi connectivity index (χ1v) is 12.2. The van der Waals surface area contributed by atoms with Crippen LogP contribution in [0.3, 0.4) is 0 Å². The molecule has 0 aromatic heterocycles. The number of amides is 1. The molecule has 1 aliphatic heterocycles. The second-order valence-electron chi connectivity index (χ2n) is 9.12. The number of nitro benzene ring substituents is 2. The van der Waals surface area contributed by atoms with Gasteiger partial charge in [0.25, 0.3) is 17.3 Å². The smallest absolute Gasteiger partial charge is 0.341 e. The van der Waals surface area contributed by atoms with Crippen molar-refractivity contribution in [3.05, 3.63) is 104 Å². The molecule has 0 spiro atoms. The van der Waals surface area contributed by atoms with Gasteiger partial charge in [0.15, 0.2) is 6.61 Å². The molecule has 1 fully saturated rings. The Hall–Kier alpha value is -4.87. The van der Waals surface area contributed by atoms with Crippen molar-refractivity contribution >= 4 is 34.6 Å². The molecule has 12 heteroatoms. The minimum Gasteiger partial charge on any atom is -0.452 e. The molecule has 0 saturated carbocycles. The number of ether oxygens (including phenoxy) is 1. The number of benzene rings is 3. The first-order chi connectivity index (χ1) is 18.7. The molecule has 4 rings (SSSR count). The van der Waals surface area contributed by atoms with Crippen molar-refractivity contribution in [3.63, 3.8) is 0 Å². The number of esters is 1. The quantitative estimate of drug-likeness (QED) is 0.231. The SMILES string of the molecule is O=C(COC(=O)c1cc([N+](=O)[O-])ccc1N1CCC(Cc2ccccc2)CC1)Nc1ccc(F)cc1[N+](=O)[O-]. The number of carbonyl (C=O) groups is 2. The number of anilines is 2. The van der Waals surface area contributed by atoms with Gasteiger partial charge in [-0.25, -0.2) is 9.18 Å². The van der Waals surface area contributed by atoms with E-state index < -0.39 is 39.8 Å². The van der Waals surface area contributed by atoms with E-state index in [1.54, 1.807) is 0 Å². The number of carbonyl (C=O) groups excluding carboxylic acids is 2. The molecule has 0 atom stereocenters. The summed E-state index contributed by atoms with van der Waals surface area (Å²) in [6, 6.07) is 16.7. The maximum absolute atomic E-state index is 13.3. The van der Waals surface area contributed by atoms with E-state index in [1.807, 2.05) is 23.1 Å². The number of nitro groups is 2. The Morgan fingerprint density at radius 1 is 0.974 bits per heavy atom. The molecule has 3 aromatic rings. The van der Waals surface area contributed by atoms with Gasteiger partial charge in [0.1, 0.15) is 11.5 Å². The molecule has 1 heterocycles. The van der Waals surface area contributed by atoms with Gasteiger partial charge in [-0.1, -0.05) is 30.3 Å². The summed E-state index contributed by atoms with van der Waals surface area (Å²) in [6.07, 6.45) is 2.66. The van der Waals surface area contributed by atoms with Crippen LogP contribution in [0.25, 0.3) is 0 Å². The molecule has 202 valence electrons. The summed E-state index contributed by atoms with van der Waals surface area (Å²) in [5.41, 5.74) is 0.406. The van der Waals surface area contributed by atoms with E-state index in [0.717, 1.165) is 37.5 Å². The van der Waals surface area contributed by atoms with Crippen LogP contribution in [0.1, 0.15) is 28.8 Å². The van der Waals surface area contributed by atoms with Crippen LogP contribution >= 0.6 is 0 Å². The van der Waals surface area contributed by atoms with Gasteiger partial charge in [-0.15, -0.1) is 0 Å². The Kier molecular flexibility index (Phi) is 8.44. The fourth-order valence-corrected chi connectivity index (χ4v) is 4.56. The first kappa shape index (κ1) is 27.2. The second-order valence-corrected chi connectivity index (χ2v) is 9.12. The standard InChI is InChI=1S/C27H25FN4O7/c28-20-6-8-23(25(15-20)32(37)38)29-26(33)17-39-27(34)22-16-21(31(35)36)7-9-24(22)30-12-10-19(11-13-30)14-18-4-2-1-3-5-18/h1-9,15-16,19H,10-14,17H2,(H,29,33). The summed E-state index contributed by atoms with van der Waals surface area (Å²) in [7, 11) is 0. The summed E-state index contributed by atoms with van der Waals surface area (Å²) in [5, 5.41) is 24.7. The molecular formula is C27H25FN4O7. The van der Waals surface area contributed by atoms with E-state index in [-0.39, 0.29) is 16.9 Å². The van der Waals surface area contributed by atoms with Crippen LogP contribution in [-0.2, 0) is 16.0 Å². The number of halogens is 1. The predicted octanol–water partition coefficient (Wildman–Crippen LogP) is 4.90. The summed E-state index contributed by atoms with van der Waals surface area (Å²) < 4.78 is 18.5. The van der Waals surface area contributed by atoms with Crippen LogP contribution in [0.5, 0.6) is 0 Å². The highest BCUT2D eigenvalue weighted by atomic mass is 19.1. The Morgan fingerprint density at radius 2 is 1.69 bits per heavy atom. The van der Waals surface area contributed by atoms with Crippen molar-refractivity contribution in [2.24, 2.45) is 5.92 Å². The number of nitrogens with one attached hydrogen (secondary N) is 1. The zero-order valence-electron chi connectivity index (χ0n) is 20.7. The number of piperidine rings is 1. The number of non-ortho nitro benzene ring substituents is 1. The van der Waals surface area contributed by atoms with Gasteiger partial charge in [0, 0.05) is 25.2 Å². The van der Waals surface area contributed by atoms with Crippen molar-refractivity contribution in [2.45, 2.75) is 19.3 Å². The lowest BCUT2D eigenvalue weighted by atomic mass is 9.90. The van der Waals surface area contributed by atoms with E-state index in [0.29, 0.717) is 30.8 Å². The third kappa shape index (κ3) is 6.92. The highest BCUT2D eigenvalue weighted by Crippen LogP contribution is 2.31. The molecule has 0 radical (unpaired) electrons. The average molecular weight is 537 g/mol. The largest absolute Gasteiger partial charge is 0.452 e. The lowest BCUT2D eigenvalue weighted by Gasteiger charge is -2.34. The molecule has 0 aliphatic carbocycles. The minimum absolute atomic E-state index is 0.0636. The van der Waals surface area contributed by atoms with Gasteiger partial charge in [-0.05, 0) is 48.9 Å². The van der Waals surface area contributed by atoms with Gasteiger partial charge < -0.3 is 15.0 Å². The van der Waals surface area contributed by atoms with Gasteiger partial charge in [0.05, 0.1) is 27.2 Å². The van der Waals surface area contributed by atoms with Crippen LogP contribution in [0.4, 0.5) is 27.1 Å². The Labute approximate surface area is 222 Å². The fourth-order valence-electron chi connectivity index (χ4n) is 4.56. The fraction of sp³-hybridized carbons (Fsp3) is 0.259. The van der Waals surface area contributed by atoms with Crippen molar-refractivity contribution < 1.29 is 28.6 Å². The summed E-state index contributed by atoms with van der Waals surface area (Å²) in [6.45, 7) is 0.448. The third-order valence-electron chi connectivity index (χ3n) is 6.50. The molecule has 3 aromatic carbocycles. The number of hydrogen-bond donors (Lipinski definition) is 1. The predicted molar refractivity (Wildman–Crippen MR) is 140 cm³/mol. The molecule has 39 heavy (non-hydrogen) atoms. The minimum atomic E-state index is -0.955. The summed E-state index contributed by atoms with van der Waals surface area (Å²) in [4.78, 5) is 48.3. The number of nitrogens with zero attached hydrogens (tertiary/aromatic N) is 3. The maximum Gasteiger partial charge on any atom is 0.341 e. The zero-order chi connectivity index (χ0) is 27.9. The monoisotopic (exact) mass is 536 g/mol. The Morgan fingerprint density at radius 3 is 2.36 bits per heavy atom.